The maximum atomic E-state index is 11.9. The highest BCUT2D eigenvalue weighted by atomic mass is 16.5. The summed E-state index contributed by atoms with van der Waals surface area (Å²) in [6.07, 6.45) is 1.41. The predicted octanol–water partition coefficient (Wildman–Crippen LogP) is 3.69. The second-order valence-corrected chi connectivity index (χ2v) is 6.00. The molecule has 132 valence electrons. The molecule has 0 heterocycles. The smallest absolute Gasteiger partial charge is 0.277 e. The van der Waals surface area contributed by atoms with E-state index < -0.39 is 0 Å². The zero-order valence-electron chi connectivity index (χ0n) is 14.7. The van der Waals surface area contributed by atoms with Crippen molar-refractivity contribution in [2.45, 2.75) is 13.8 Å². The molecule has 5 nitrogen and oxygen atoms in total. The molecule has 3 aromatic carbocycles. The number of aromatic hydroxyl groups is 1. The average molecular weight is 348 g/mol. The van der Waals surface area contributed by atoms with Crippen LogP contribution in [0.25, 0.3) is 10.8 Å². The van der Waals surface area contributed by atoms with E-state index in [4.69, 9.17) is 4.74 Å². The fourth-order valence-electron chi connectivity index (χ4n) is 2.61. The normalized spacial score (nSPS) is 11.0. The molecular formula is C21H20N2O3. The molecule has 0 saturated heterocycles. The van der Waals surface area contributed by atoms with E-state index in [1.807, 2.05) is 62.4 Å². The Kier molecular flexibility index (Phi) is 5.17. The molecule has 0 bridgehead atoms. The van der Waals surface area contributed by atoms with Gasteiger partial charge in [0.15, 0.2) is 6.61 Å². The molecular weight excluding hydrogens is 328 g/mol. The number of fused-ring (bicyclic) bond motifs is 1. The zero-order chi connectivity index (χ0) is 18.5. The Morgan fingerprint density at radius 3 is 2.77 bits per heavy atom. The highest BCUT2D eigenvalue weighted by Gasteiger charge is 2.06. The molecule has 0 aliphatic heterocycles. The summed E-state index contributed by atoms with van der Waals surface area (Å²) >= 11 is 0. The van der Waals surface area contributed by atoms with E-state index >= 15 is 0 Å². The van der Waals surface area contributed by atoms with Crippen LogP contribution in [0.1, 0.15) is 16.7 Å². The van der Waals surface area contributed by atoms with Crippen molar-refractivity contribution in [2.24, 2.45) is 5.10 Å². The highest BCUT2D eigenvalue weighted by Crippen LogP contribution is 2.27. The van der Waals surface area contributed by atoms with E-state index in [0.717, 1.165) is 21.9 Å². The van der Waals surface area contributed by atoms with Crippen LogP contribution >= 0.6 is 0 Å². The molecule has 0 saturated carbocycles. The summed E-state index contributed by atoms with van der Waals surface area (Å²) in [5.74, 6) is 0.437. The van der Waals surface area contributed by atoms with Gasteiger partial charge in [-0.1, -0.05) is 42.5 Å². The first-order valence-corrected chi connectivity index (χ1v) is 8.28. The van der Waals surface area contributed by atoms with Crippen molar-refractivity contribution >= 4 is 22.9 Å². The number of nitrogens with zero attached hydrogens (tertiary/aromatic N) is 1. The second-order valence-electron chi connectivity index (χ2n) is 6.00. The van der Waals surface area contributed by atoms with Crippen LogP contribution in [0, 0.1) is 13.8 Å². The van der Waals surface area contributed by atoms with E-state index in [-0.39, 0.29) is 18.3 Å². The van der Waals surface area contributed by atoms with Gasteiger partial charge in [0.25, 0.3) is 5.91 Å². The molecule has 0 spiro atoms. The van der Waals surface area contributed by atoms with Crippen molar-refractivity contribution in [2.75, 3.05) is 6.61 Å². The van der Waals surface area contributed by atoms with Gasteiger partial charge in [-0.15, -0.1) is 0 Å². The quantitative estimate of drug-likeness (QED) is 0.546. The standard InChI is InChI=1S/C21H20N2O3/c1-14-6-5-9-19(15(14)2)26-13-20(24)23-22-12-17-11-10-16-7-3-4-8-18(16)21(17)25/h3-12,25H,13H2,1-2H3,(H,23,24)/b22-12+. The molecule has 5 heteroatoms. The summed E-state index contributed by atoms with van der Waals surface area (Å²) in [7, 11) is 0. The lowest BCUT2D eigenvalue weighted by Crippen LogP contribution is -2.24. The van der Waals surface area contributed by atoms with Crippen molar-refractivity contribution in [3.05, 3.63) is 71.3 Å². The molecule has 0 fully saturated rings. The fourth-order valence-corrected chi connectivity index (χ4v) is 2.61. The third kappa shape index (κ3) is 3.83. The maximum Gasteiger partial charge on any atom is 0.277 e. The van der Waals surface area contributed by atoms with Crippen LogP contribution in [0.2, 0.25) is 0 Å². The molecule has 0 unspecified atom stereocenters. The fraction of sp³-hybridized carbons (Fsp3) is 0.143. The summed E-state index contributed by atoms with van der Waals surface area (Å²) in [4.78, 5) is 11.9. The minimum absolute atomic E-state index is 0.132. The summed E-state index contributed by atoms with van der Waals surface area (Å²) < 4.78 is 5.53. The summed E-state index contributed by atoms with van der Waals surface area (Å²) in [6, 6.07) is 16.9. The molecule has 1 amide bonds. The van der Waals surface area contributed by atoms with E-state index in [1.54, 1.807) is 6.07 Å². The van der Waals surface area contributed by atoms with Gasteiger partial charge >= 0.3 is 0 Å². The van der Waals surface area contributed by atoms with Crippen molar-refractivity contribution in [3.8, 4) is 11.5 Å². The molecule has 26 heavy (non-hydrogen) atoms. The largest absolute Gasteiger partial charge is 0.507 e. The summed E-state index contributed by atoms with van der Waals surface area (Å²) in [6.45, 7) is 3.80. The molecule has 0 aliphatic carbocycles. The Bertz CT molecular complexity index is 980. The number of hydrazone groups is 1. The SMILES string of the molecule is Cc1cccc(OCC(=O)N/N=C/c2ccc3ccccc3c2O)c1C. The number of aryl methyl sites for hydroxylation is 1. The Hall–Kier alpha value is -3.34. The van der Waals surface area contributed by atoms with Crippen LogP contribution in [-0.4, -0.2) is 23.8 Å². The lowest BCUT2D eigenvalue weighted by Gasteiger charge is -2.09. The minimum Gasteiger partial charge on any atom is -0.507 e. The molecule has 3 aromatic rings. The number of hydrogen-bond donors (Lipinski definition) is 2. The van der Waals surface area contributed by atoms with Crippen molar-refractivity contribution in [1.82, 2.24) is 5.43 Å². The van der Waals surface area contributed by atoms with Crippen LogP contribution in [0.15, 0.2) is 59.7 Å². The Balaban J connectivity index is 1.61. The first-order chi connectivity index (χ1) is 12.6. The van der Waals surface area contributed by atoms with Gasteiger partial charge in [-0.2, -0.15) is 5.10 Å². The molecule has 0 aliphatic rings. The van der Waals surface area contributed by atoms with Crippen LogP contribution < -0.4 is 10.2 Å². The second kappa shape index (κ2) is 7.70. The Morgan fingerprint density at radius 1 is 1.12 bits per heavy atom. The molecule has 0 radical (unpaired) electrons. The van der Waals surface area contributed by atoms with Gasteiger partial charge in [0.1, 0.15) is 11.5 Å². The average Bonchev–Trinajstić information content (AvgIpc) is 2.65. The number of ether oxygens (including phenoxy) is 1. The van der Waals surface area contributed by atoms with E-state index in [2.05, 4.69) is 10.5 Å². The number of rotatable bonds is 5. The van der Waals surface area contributed by atoms with E-state index in [0.29, 0.717) is 11.3 Å². The number of phenolic OH excluding ortho intramolecular Hbond substituents is 1. The van der Waals surface area contributed by atoms with Gasteiger partial charge in [0.05, 0.1) is 6.21 Å². The van der Waals surface area contributed by atoms with Gasteiger partial charge < -0.3 is 9.84 Å². The number of carbonyl (C=O) groups is 1. The van der Waals surface area contributed by atoms with Crippen LogP contribution in [0.5, 0.6) is 11.5 Å². The summed E-state index contributed by atoms with van der Waals surface area (Å²) in [5.41, 5.74) is 5.04. The monoisotopic (exact) mass is 348 g/mol. The van der Waals surface area contributed by atoms with Crippen molar-refractivity contribution < 1.29 is 14.6 Å². The lowest BCUT2D eigenvalue weighted by atomic mass is 10.1. The maximum absolute atomic E-state index is 11.9. The highest BCUT2D eigenvalue weighted by molar-refractivity contribution is 5.97. The number of phenols is 1. The van der Waals surface area contributed by atoms with Crippen LogP contribution in [0.3, 0.4) is 0 Å². The van der Waals surface area contributed by atoms with Gasteiger partial charge in [-0.3, -0.25) is 4.79 Å². The van der Waals surface area contributed by atoms with Gasteiger partial charge in [-0.05, 0) is 42.5 Å². The topological polar surface area (TPSA) is 70.9 Å². The van der Waals surface area contributed by atoms with Crippen molar-refractivity contribution in [1.29, 1.82) is 0 Å². The Morgan fingerprint density at radius 2 is 1.92 bits per heavy atom. The molecule has 0 atom stereocenters. The first-order valence-electron chi connectivity index (χ1n) is 8.28. The zero-order valence-corrected chi connectivity index (χ0v) is 14.7. The lowest BCUT2D eigenvalue weighted by molar-refractivity contribution is -0.123. The molecule has 3 rings (SSSR count). The molecule has 2 N–H and O–H groups in total. The van der Waals surface area contributed by atoms with Gasteiger partial charge in [0, 0.05) is 10.9 Å². The van der Waals surface area contributed by atoms with Crippen LogP contribution in [0.4, 0.5) is 0 Å². The van der Waals surface area contributed by atoms with Crippen LogP contribution in [-0.2, 0) is 4.79 Å². The Labute approximate surface area is 151 Å². The minimum atomic E-state index is -0.373. The van der Waals surface area contributed by atoms with Gasteiger partial charge in [-0.25, -0.2) is 5.43 Å². The van der Waals surface area contributed by atoms with Gasteiger partial charge in [0.2, 0.25) is 0 Å². The number of hydrogen-bond acceptors (Lipinski definition) is 4. The summed E-state index contributed by atoms with van der Waals surface area (Å²) in [5, 5.41) is 15.9. The number of carbonyl (C=O) groups excluding carboxylic acids is 1. The number of benzene rings is 3. The number of amides is 1. The first kappa shape index (κ1) is 17.5. The molecule has 0 aromatic heterocycles. The third-order valence-electron chi connectivity index (χ3n) is 4.24. The van der Waals surface area contributed by atoms with E-state index in [1.165, 1.54) is 6.21 Å². The van der Waals surface area contributed by atoms with Crippen molar-refractivity contribution in [3.63, 3.8) is 0 Å². The van der Waals surface area contributed by atoms with E-state index in [9.17, 15) is 9.90 Å². The third-order valence-corrected chi connectivity index (χ3v) is 4.24. The predicted molar refractivity (Wildman–Crippen MR) is 103 cm³/mol. The number of nitrogens with one attached hydrogen (secondary N) is 1.